The van der Waals surface area contributed by atoms with Gasteiger partial charge in [-0.3, -0.25) is 0 Å². The lowest BCUT2D eigenvalue weighted by Crippen LogP contribution is -2.33. The molecule has 0 fully saturated rings. The van der Waals surface area contributed by atoms with Crippen LogP contribution in [0.5, 0.6) is 0 Å². The van der Waals surface area contributed by atoms with E-state index in [1.165, 1.54) is 16.7 Å². The highest BCUT2D eigenvalue weighted by Gasteiger charge is 2.18. The molecule has 102 valence electrons. The smallest absolute Gasteiger partial charge is 0.0587 e. The Morgan fingerprint density at radius 1 is 1.11 bits per heavy atom. The molecule has 0 atom stereocenters. The number of hydrogen-bond donors (Lipinski definition) is 1. The number of ether oxygens (including phenoxy) is 1. The van der Waals surface area contributed by atoms with Gasteiger partial charge in [0.25, 0.3) is 0 Å². The van der Waals surface area contributed by atoms with Crippen LogP contribution in [0.1, 0.15) is 30.5 Å². The molecule has 0 aliphatic carbocycles. The topological polar surface area (TPSA) is 21.3 Å². The molecule has 1 aromatic rings. The summed E-state index contributed by atoms with van der Waals surface area (Å²) in [5.41, 5.74) is 4.42. The summed E-state index contributed by atoms with van der Waals surface area (Å²) in [7, 11) is 1.74. The number of rotatable bonds is 7. The number of aryl methyl sites for hydroxylation is 2. The van der Waals surface area contributed by atoms with Crippen LogP contribution in [0.4, 0.5) is 0 Å². The van der Waals surface area contributed by atoms with Crippen molar-refractivity contribution in [2.45, 2.75) is 34.1 Å². The Balaban J connectivity index is 2.53. The van der Waals surface area contributed by atoms with E-state index in [0.29, 0.717) is 0 Å². The maximum absolute atomic E-state index is 5.04. The van der Waals surface area contributed by atoms with Gasteiger partial charge in [-0.1, -0.05) is 43.2 Å². The summed E-state index contributed by atoms with van der Waals surface area (Å²) >= 11 is 0. The molecule has 0 bridgehead atoms. The molecule has 1 rings (SSSR count). The molecule has 0 saturated heterocycles. The average molecular weight is 249 g/mol. The number of hydrogen-bond acceptors (Lipinski definition) is 2. The maximum atomic E-state index is 5.04. The Labute approximate surface area is 112 Å². The van der Waals surface area contributed by atoms with Crippen LogP contribution in [-0.4, -0.2) is 26.8 Å². The third kappa shape index (κ3) is 5.65. The molecule has 1 aromatic carbocycles. The molecular formula is C16H27NO. The van der Waals surface area contributed by atoms with Gasteiger partial charge >= 0.3 is 0 Å². The first-order valence-electron chi connectivity index (χ1n) is 6.70. The number of methoxy groups -OCH3 is 1. The van der Waals surface area contributed by atoms with Crippen molar-refractivity contribution in [3.8, 4) is 0 Å². The second-order valence-corrected chi connectivity index (χ2v) is 6.01. The highest BCUT2D eigenvalue weighted by molar-refractivity contribution is 5.29. The van der Waals surface area contributed by atoms with Crippen LogP contribution in [0.25, 0.3) is 0 Å². The van der Waals surface area contributed by atoms with Crippen LogP contribution in [0.3, 0.4) is 0 Å². The summed E-state index contributed by atoms with van der Waals surface area (Å²) in [6.45, 7) is 11.7. The fourth-order valence-corrected chi connectivity index (χ4v) is 2.39. The van der Waals surface area contributed by atoms with E-state index >= 15 is 0 Å². The number of benzene rings is 1. The minimum Gasteiger partial charge on any atom is -0.383 e. The quantitative estimate of drug-likeness (QED) is 0.750. The Bertz CT molecular complexity index is 351. The lowest BCUT2D eigenvalue weighted by atomic mass is 9.85. The van der Waals surface area contributed by atoms with Crippen molar-refractivity contribution < 1.29 is 4.74 Å². The molecule has 0 heterocycles. The third-order valence-electron chi connectivity index (χ3n) is 3.05. The molecule has 18 heavy (non-hydrogen) atoms. The van der Waals surface area contributed by atoms with Gasteiger partial charge in [0.15, 0.2) is 0 Å². The summed E-state index contributed by atoms with van der Waals surface area (Å²) in [5.74, 6) is 0. The monoisotopic (exact) mass is 249 g/mol. The molecule has 0 amide bonds. The van der Waals surface area contributed by atoms with Crippen molar-refractivity contribution in [2.24, 2.45) is 5.41 Å². The second kappa shape index (κ2) is 6.91. The standard InChI is InChI=1S/C16H27NO/c1-13-8-14(2)10-15(9-13)11-16(3,4)12-17-6-7-18-5/h8-10,17H,6-7,11-12H2,1-5H3. The van der Waals surface area contributed by atoms with Gasteiger partial charge in [-0.15, -0.1) is 0 Å². The lowest BCUT2D eigenvalue weighted by Gasteiger charge is -2.25. The van der Waals surface area contributed by atoms with Crippen LogP contribution >= 0.6 is 0 Å². The summed E-state index contributed by atoms with van der Waals surface area (Å²) in [4.78, 5) is 0. The lowest BCUT2D eigenvalue weighted by molar-refractivity contribution is 0.194. The van der Waals surface area contributed by atoms with E-state index in [0.717, 1.165) is 26.1 Å². The van der Waals surface area contributed by atoms with E-state index in [2.05, 4.69) is 51.2 Å². The van der Waals surface area contributed by atoms with Crippen LogP contribution in [0, 0.1) is 19.3 Å². The van der Waals surface area contributed by atoms with E-state index in [1.807, 2.05) is 0 Å². The Morgan fingerprint density at radius 2 is 1.72 bits per heavy atom. The van der Waals surface area contributed by atoms with Crippen molar-refractivity contribution in [3.05, 3.63) is 34.9 Å². The van der Waals surface area contributed by atoms with Gasteiger partial charge in [-0.25, -0.2) is 0 Å². The molecule has 0 radical (unpaired) electrons. The molecule has 1 N–H and O–H groups in total. The molecule has 0 saturated carbocycles. The number of nitrogens with one attached hydrogen (secondary N) is 1. The zero-order valence-electron chi connectivity index (χ0n) is 12.5. The van der Waals surface area contributed by atoms with Gasteiger partial charge < -0.3 is 10.1 Å². The first kappa shape index (κ1) is 15.2. The molecule has 0 aromatic heterocycles. The predicted molar refractivity (Wildman–Crippen MR) is 78.1 cm³/mol. The molecule has 0 spiro atoms. The molecular weight excluding hydrogens is 222 g/mol. The molecule has 2 heteroatoms. The van der Waals surface area contributed by atoms with Gasteiger partial charge in [-0.2, -0.15) is 0 Å². The minimum atomic E-state index is 0.272. The van der Waals surface area contributed by atoms with Crippen LogP contribution in [0.2, 0.25) is 0 Å². The minimum absolute atomic E-state index is 0.272. The summed E-state index contributed by atoms with van der Waals surface area (Å²) in [5, 5.41) is 3.45. The van der Waals surface area contributed by atoms with Crippen molar-refractivity contribution in [3.63, 3.8) is 0 Å². The zero-order chi connectivity index (χ0) is 13.6. The first-order valence-corrected chi connectivity index (χ1v) is 6.70. The van der Waals surface area contributed by atoms with Crippen molar-refractivity contribution >= 4 is 0 Å². The van der Waals surface area contributed by atoms with E-state index in [9.17, 15) is 0 Å². The molecule has 0 aliphatic heterocycles. The molecule has 0 aliphatic rings. The fourth-order valence-electron chi connectivity index (χ4n) is 2.39. The van der Waals surface area contributed by atoms with Gasteiger partial charge in [-0.05, 0) is 31.2 Å². The van der Waals surface area contributed by atoms with Gasteiger partial charge in [0.1, 0.15) is 0 Å². The van der Waals surface area contributed by atoms with E-state index in [1.54, 1.807) is 7.11 Å². The van der Waals surface area contributed by atoms with E-state index < -0.39 is 0 Å². The SMILES string of the molecule is COCCNCC(C)(C)Cc1cc(C)cc(C)c1. The fraction of sp³-hybridized carbons (Fsp3) is 0.625. The Hall–Kier alpha value is -0.860. The largest absolute Gasteiger partial charge is 0.383 e. The van der Waals surface area contributed by atoms with Gasteiger partial charge in [0, 0.05) is 20.2 Å². The van der Waals surface area contributed by atoms with E-state index in [-0.39, 0.29) is 5.41 Å². The maximum Gasteiger partial charge on any atom is 0.0587 e. The molecule has 2 nitrogen and oxygen atoms in total. The zero-order valence-corrected chi connectivity index (χ0v) is 12.5. The van der Waals surface area contributed by atoms with Gasteiger partial charge in [0.2, 0.25) is 0 Å². The van der Waals surface area contributed by atoms with Crippen LogP contribution < -0.4 is 5.32 Å². The third-order valence-corrected chi connectivity index (χ3v) is 3.05. The van der Waals surface area contributed by atoms with Crippen molar-refractivity contribution in [1.82, 2.24) is 5.32 Å². The van der Waals surface area contributed by atoms with Gasteiger partial charge in [0.05, 0.1) is 6.61 Å². The van der Waals surface area contributed by atoms with Crippen molar-refractivity contribution in [1.29, 1.82) is 0 Å². The highest BCUT2D eigenvalue weighted by atomic mass is 16.5. The average Bonchev–Trinajstić information content (AvgIpc) is 2.22. The Kier molecular flexibility index (Phi) is 5.83. The summed E-state index contributed by atoms with van der Waals surface area (Å²) in [6.07, 6.45) is 1.11. The van der Waals surface area contributed by atoms with E-state index in [4.69, 9.17) is 4.74 Å². The second-order valence-electron chi connectivity index (χ2n) is 6.01. The summed E-state index contributed by atoms with van der Waals surface area (Å²) < 4.78 is 5.04. The normalized spacial score (nSPS) is 11.8. The highest BCUT2D eigenvalue weighted by Crippen LogP contribution is 2.22. The molecule has 0 unspecified atom stereocenters. The van der Waals surface area contributed by atoms with Crippen LogP contribution in [-0.2, 0) is 11.2 Å². The first-order chi connectivity index (χ1) is 8.43. The predicted octanol–water partition coefficient (Wildman–Crippen LogP) is 3.11. The Morgan fingerprint density at radius 3 is 2.28 bits per heavy atom. The van der Waals surface area contributed by atoms with Crippen molar-refractivity contribution in [2.75, 3.05) is 26.8 Å². The van der Waals surface area contributed by atoms with Crippen LogP contribution in [0.15, 0.2) is 18.2 Å². The summed E-state index contributed by atoms with van der Waals surface area (Å²) in [6, 6.07) is 6.82.